The molecule has 0 aliphatic carbocycles. The molecule has 5 heteroatoms. The Morgan fingerprint density at radius 2 is 1.91 bits per heavy atom. The summed E-state index contributed by atoms with van der Waals surface area (Å²) in [6.07, 6.45) is 6.57. The van der Waals surface area contributed by atoms with E-state index in [0.717, 1.165) is 16.6 Å². The van der Waals surface area contributed by atoms with Crippen LogP contribution in [0.5, 0.6) is 11.5 Å². The molecule has 5 nitrogen and oxygen atoms in total. The fourth-order valence-electron chi connectivity index (χ4n) is 2.46. The Hall–Kier alpha value is -3.21. The zero-order chi connectivity index (χ0) is 15.6. The lowest BCUT2D eigenvalue weighted by Gasteiger charge is -2.01. The van der Waals surface area contributed by atoms with Crippen LogP contribution in [0.25, 0.3) is 17.1 Å². The van der Waals surface area contributed by atoms with Gasteiger partial charge in [-0.1, -0.05) is 12.1 Å². The third kappa shape index (κ3) is 2.53. The molecule has 0 saturated heterocycles. The molecule has 0 radical (unpaired) electrons. The number of para-hydroxylation sites is 1. The third-order valence-corrected chi connectivity index (χ3v) is 3.60. The van der Waals surface area contributed by atoms with Crippen LogP contribution >= 0.6 is 0 Å². The van der Waals surface area contributed by atoms with Crippen LogP contribution in [0.15, 0.2) is 54.9 Å². The molecule has 2 aromatic carbocycles. The second kappa shape index (κ2) is 5.53. The molecule has 0 N–H and O–H groups in total. The molecular weight excluding hydrogens is 292 g/mol. The minimum Gasteiger partial charge on any atom is -0.454 e. The van der Waals surface area contributed by atoms with Gasteiger partial charge in [-0.05, 0) is 36.4 Å². The average molecular weight is 304 g/mol. The monoisotopic (exact) mass is 304 g/mol. The number of hydrogen-bond acceptors (Lipinski definition) is 5. The Morgan fingerprint density at radius 3 is 2.87 bits per heavy atom. The molecule has 1 aliphatic heterocycles. The molecule has 0 bridgehead atoms. The summed E-state index contributed by atoms with van der Waals surface area (Å²) in [5, 5.41) is 0. The van der Waals surface area contributed by atoms with Crippen molar-refractivity contribution in [2.75, 3.05) is 6.79 Å². The standard InChI is InChI=1S/C18H12N2O3/c21-15(13-5-7-16-17(10-13)23-11-22-16)6-4-12-2-1-3-14-18(12)20-9-8-19-14/h1-10H,11H2/b6-4-. The molecule has 4 rings (SSSR count). The van der Waals surface area contributed by atoms with Gasteiger partial charge in [-0.2, -0.15) is 0 Å². The second-order valence-corrected chi connectivity index (χ2v) is 5.04. The molecule has 1 aromatic heterocycles. The summed E-state index contributed by atoms with van der Waals surface area (Å²) in [5.74, 6) is 1.15. The molecule has 0 amide bonds. The van der Waals surface area contributed by atoms with Crippen LogP contribution in [0.3, 0.4) is 0 Å². The summed E-state index contributed by atoms with van der Waals surface area (Å²) in [7, 11) is 0. The molecule has 23 heavy (non-hydrogen) atoms. The number of ether oxygens (including phenoxy) is 2. The average Bonchev–Trinajstić information content (AvgIpc) is 3.07. The molecule has 0 unspecified atom stereocenters. The number of carbonyl (C=O) groups is 1. The molecule has 0 saturated carbocycles. The lowest BCUT2D eigenvalue weighted by Crippen LogP contribution is -1.94. The third-order valence-electron chi connectivity index (χ3n) is 3.60. The topological polar surface area (TPSA) is 61.3 Å². The number of nitrogens with zero attached hydrogens (tertiary/aromatic N) is 2. The summed E-state index contributed by atoms with van der Waals surface area (Å²) < 4.78 is 10.5. The fraction of sp³-hybridized carbons (Fsp3) is 0.0556. The highest BCUT2D eigenvalue weighted by Gasteiger charge is 2.15. The first kappa shape index (κ1) is 13.5. The molecule has 0 fully saturated rings. The van der Waals surface area contributed by atoms with Crippen molar-refractivity contribution in [3.63, 3.8) is 0 Å². The first-order valence-corrected chi connectivity index (χ1v) is 7.13. The zero-order valence-corrected chi connectivity index (χ0v) is 12.1. The van der Waals surface area contributed by atoms with Crippen LogP contribution in [0, 0.1) is 0 Å². The summed E-state index contributed by atoms with van der Waals surface area (Å²) in [6.45, 7) is 0.192. The number of benzene rings is 2. The van der Waals surface area contributed by atoms with Gasteiger partial charge in [0.2, 0.25) is 6.79 Å². The number of hydrogen-bond donors (Lipinski definition) is 0. The second-order valence-electron chi connectivity index (χ2n) is 5.04. The largest absolute Gasteiger partial charge is 0.454 e. The molecule has 3 aromatic rings. The van der Waals surface area contributed by atoms with E-state index in [0.29, 0.717) is 17.1 Å². The zero-order valence-electron chi connectivity index (χ0n) is 12.1. The van der Waals surface area contributed by atoms with Gasteiger partial charge in [-0.15, -0.1) is 0 Å². The lowest BCUT2D eigenvalue weighted by molar-refractivity contribution is 0.104. The van der Waals surface area contributed by atoms with Crippen molar-refractivity contribution in [1.82, 2.24) is 9.97 Å². The van der Waals surface area contributed by atoms with E-state index < -0.39 is 0 Å². The summed E-state index contributed by atoms with van der Waals surface area (Å²) in [6, 6.07) is 10.8. The Bertz CT molecular complexity index is 929. The van der Waals surface area contributed by atoms with Gasteiger partial charge in [0.05, 0.1) is 11.0 Å². The van der Waals surface area contributed by atoms with Gasteiger partial charge >= 0.3 is 0 Å². The van der Waals surface area contributed by atoms with Crippen molar-refractivity contribution in [2.45, 2.75) is 0 Å². The predicted molar refractivity (Wildman–Crippen MR) is 85.5 cm³/mol. The minimum absolute atomic E-state index is 0.107. The number of carbonyl (C=O) groups excluding carboxylic acids is 1. The van der Waals surface area contributed by atoms with Gasteiger partial charge in [-0.25, -0.2) is 0 Å². The van der Waals surface area contributed by atoms with Crippen molar-refractivity contribution in [1.29, 1.82) is 0 Å². The van der Waals surface area contributed by atoms with E-state index in [2.05, 4.69) is 9.97 Å². The van der Waals surface area contributed by atoms with Crippen molar-refractivity contribution in [3.8, 4) is 11.5 Å². The maximum absolute atomic E-state index is 12.3. The van der Waals surface area contributed by atoms with Gasteiger partial charge in [0, 0.05) is 23.5 Å². The van der Waals surface area contributed by atoms with E-state index in [1.54, 1.807) is 36.7 Å². The first-order valence-electron chi connectivity index (χ1n) is 7.13. The van der Waals surface area contributed by atoms with Gasteiger partial charge < -0.3 is 9.47 Å². The van der Waals surface area contributed by atoms with E-state index in [4.69, 9.17) is 9.47 Å². The van der Waals surface area contributed by atoms with E-state index in [1.165, 1.54) is 6.08 Å². The Morgan fingerprint density at radius 1 is 1.04 bits per heavy atom. The Labute approximate surface area is 132 Å². The first-order chi connectivity index (χ1) is 11.3. The smallest absolute Gasteiger partial charge is 0.231 e. The van der Waals surface area contributed by atoms with E-state index >= 15 is 0 Å². The van der Waals surface area contributed by atoms with Crippen LogP contribution in [0.4, 0.5) is 0 Å². The van der Waals surface area contributed by atoms with E-state index in [-0.39, 0.29) is 12.6 Å². The molecular formula is C18H12N2O3. The van der Waals surface area contributed by atoms with E-state index in [9.17, 15) is 4.79 Å². The molecule has 0 atom stereocenters. The molecule has 112 valence electrons. The van der Waals surface area contributed by atoms with Crippen LogP contribution in [0.2, 0.25) is 0 Å². The van der Waals surface area contributed by atoms with Gasteiger partial charge in [-0.3, -0.25) is 14.8 Å². The van der Waals surface area contributed by atoms with Crippen LogP contribution < -0.4 is 9.47 Å². The minimum atomic E-state index is -0.107. The summed E-state index contributed by atoms with van der Waals surface area (Å²) in [5.41, 5.74) is 2.97. The maximum atomic E-state index is 12.3. The summed E-state index contributed by atoms with van der Waals surface area (Å²) >= 11 is 0. The Kier molecular flexibility index (Phi) is 3.24. The van der Waals surface area contributed by atoms with Crippen molar-refractivity contribution >= 4 is 22.9 Å². The molecule has 1 aliphatic rings. The number of allylic oxidation sites excluding steroid dienone is 1. The predicted octanol–water partition coefficient (Wildman–Crippen LogP) is 3.25. The number of fused-ring (bicyclic) bond motifs is 2. The lowest BCUT2D eigenvalue weighted by atomic mass is 10.1. The maximum Gasteiger partial charge on any atom is 0.231 e. The Balaban J connectivity index is 1.64. The van der Waals surface area contributed by atoms with E-state index in [1.807, 2.05) is 18.2 Å². The van der Waals surface area contributed by atoms with Crippen LogP contribution in [-0.2, 0) is 0 Å². The van der Waals surface area contributed by atoms with Gasteiger partial charge in [0.15, 0.2) is 17.3 Å². The number of aromatic nitrogens is 2. The summed E-state index contributed by atoms with van der Waals surface area (Å²) in [4.78, 5) is 20.9. The fourth-order valence-corrected chi connectivity index (χ4v) is 2.46. The quantitative estimate of drug-likeness (QED) is 0.549. The molecule has 2 heterocycles. The highest BCUT2D eigenvalue weighted by molar-refractivity contribution is 6.07. The number of ketones is 1. The van der Waals surface area contributed by atoms with Crippen LogP contribution in [-0.4, -0.2) is 22.5 Å². The highest BCUT2D eigenvalue weighted by atomic mass is 16.7. The number of rotatable bonds is 3. The van der Waals surface area contributed by atoms with Crippen molar-refractivity contribution in [3.05, 3.63) is 66.0 Å². The highest BCUT2D eigenvalue weighted by Crippen LogP contribution is 2.32. The SMILES string of the molecule is O=C(/C=C\c1cccc2nccnc12)c1ccc2c(c1)OCO2. The molecule has 0 spiro atoms. The van der Waals surface area contributed by atoms with Crippen LogP contribution in [0.1, 0.15) is 15.9 Å². The van der Waals surface area contributed by atoms with Gasteiger partial charge in [0.1, 0.15) is 0 Å². The van der Waals surface area contributed by atoms with Crippen molar-refractivity contribution < 1.29 is 14.3 Å². The van der Waals surface area contributed by atoms with Gasteiger partial charge in [0.25, 0.3) is 0 Å². The normalized spacial score (nSPS) is 12.9. The van der Waals surface area contributed by atoms with Crippen molar-refractivity contribution in [2.24, 2.45) is 0 Å².